The quantitative estimate of drug-likeness (QED) is 0.748. The Morgan fingerprint density at radius 2 is 1.92 bits per heavy atom. The van der Waals surface area contributed by atoms with Gasteiger partial charge in [-0.3, -0.25) is 4.79 Å². The van der Waals surface area contributed by atoms with E-state index in [1.165, 1.54) is 11.1 Å². The zero-order chi connectivity index (χ0) is 19.5. The molecule has 1 aromatic rings. The van der Waals surface area contributed by atoms with E-state index in [-0.39, 0.29) is 22.3 Å². The summed E-state index contributed by atoms with van der Waals surface area (Å²) < 4.78 is 6.59. The van der Waals surface area contributed by atoms with Crippen molar-refractivity contribution in [3.8, 4) is 0 Å². The van der Waals surface area contributed by atoms with E-state index in [4.69, 9.17) is 4.43 Å². The third-order valence-corrected chi connectivity index (χ3v) is 11.9. The lowest BCUT2D eigenvalue weighted by molar-refractivity contribution is 0.169. The van der Waals surface area contributed by atoms with Crippen LogP contribution in [0.5, 0.6) is 0 Å². The Kier molecular flexibility index (Phi) is 4.72. The number of likely N-dealkylation sites (tertiary alicyclic amines) is 1. The molecule has 26 heavy (non-hydrogen) atoms. The Labute approximate surface area is 161 Å². The summed E-state index contributed by atoms with van der Waals surface area (Å²) in [5.74, 6) is 1.03. The second-order valence-electron chi connectivity index (χ2n) is 10.3. The van der Waals surface area contributed by atoms with Crippen LogP contribution in [0.15, 0.2) is 24.3 Å². The van der Waals surface area contributed by atoms with Crippen molar-refractivity contribution in [2.24, 2.45) is 5.92 Å². The van der Waals surface area contributed by atoms with Gasteiger partial charge in [-0.05, 0) is 40.6 Å². The van der Waals surface area contributed by atoms with Crippen LogP contribution < -0.4 is 0 Å². The van der Waals surface area contributed by atoms with Crippen LogP contribution in [0, 0.1) is 5.92 Å². The maximum absolute atomic E-state index is 12.4. The highest BCUT2D eigenvalue weighted by atomic mass is 28.4. The number of amides is 1. The number of carbonyl (C=O) groups excluding carboxylic acids is 1. The molecule has 0 spiro atoms. The molecule has 2 aliphatic rings. The number of fused-ring (bicyclic) bond motifs is 3. The summed E-state index contributed by atoms with van der Waals surface area (Å²) in [6.07, 6.45) is 0. The van der Waals surface area contributed by atoms with Gasteiger partial charge >= 0.3 is 0 Å². The summed E-state index contributed by atoms with van der Waals surface area (Å²) >= 11 is 0. The van der Waals surface area contributed by atoms with Crippen LogP contribution in [-0.2, 0) is 9.84 Å². The lowest BCUT2D eigenvalue weighted by atomic mass is 9.76. The Bertz CT molecular complexity index is 710. The molecule has 1 heterocycles. The van der Waals surface area contributed by atoms with E-state index in [9.17, 15) is 4.79 Å². The molecular formula is C21H34BNO2Si. The van der Waals surface area contributed by atoms with E-state index < -0.39 is 8.32 Å². The fraction of sp³-hybridized carbons (Fsp3) is 0.667. The smallest absolute Gasteiger partial charge is 0.215 e. The van der Waals surface area contributed by atoms with Gasteiger partial charge in [0.25, 0.3) is 0 Å². The molecule has 3 atom stereocenters. The summed E-state index contributed by atoms with van der Waals surface area (Å²) in [5, 5.41) is 0.179. The molecule has 0 radical (unpaired) electrons. The van der Waals surface area contributed by atoms with Crippen LogP contribution in [0.4, 0.5) is 4.79 Å². The molecular weight excluding hydrogens is 337 g/mol. The minimum absolute atomic E-state index is 0.0979. The van der Waals surface area contributed by atoms with Crippen LogP contribution in [0.1, 0.15) is 51.7 Å². The van der Waals surface area contributed by atoms with Crippen molar-refractivity contribution in [2.75, 3.05) is 13.2 Å². The van der Waals surface area contributed by atoms with Gasteiger partial charge in [-0.25, -0.2) is 0 Å². The normalized spacial score (nSPS) is 27.3. The molecule has 1 fully saturated rings. The summed E-state index contributed by atoms with van der Waals surface area (Å²) in [4.78, 5) is 14.5. The van der Waals surface area contributed by atoms with Gasteiger partial charge in [0.2, 0.25) is 7.85 Å². The highest BCUT2D eigenvalue weighted by molar-refractivity contribution is 6.74. The van der Waals surface area contributed by atoms with E-state index in [1.54, 1.807) is 7.85 Å². The van der Waals surface area contributed by atoms with Crippen LogP contribution >= 0.6 is 0 Å². The zero-order valence-electron chi connectivity index (χ0n) is 17.7. The molecule has 3 nitrogen and oxygen atoms in total. The summed E-state index contributed by atoms with van der Waals surface area (Å²) in [7, 11) is -0.138. The summed E-state index contributed by atoms with van der Waals surface area (Å²) in [5.41, 5.74) is 2.98. The van der Waals surface area contributed by atoms with E-state index >= 15 is 0 Å². The Balaban J connectivity index is 1.94. The van der Waals surface area contributed by atoms with E-state index in [0.717, 1.165) is 6.54 Å². The predicted molar refractivity (Wildman–Crippen MR) is 113 cm³/mol. The van der Waals surface area contributed by atoms with Gasteiger partial charge in [-0.1, -0.05) is 58.9 Å². The minimum Gasteiger partial charge on any atom is -0.415 e. The lowest BCUT2D eigenvalue weighted by Crippen LogP contribution is -2.47. The molecule has 1 aliphatic heterocycles. The van der Waals surface area contributed by atoms with Crippen molar-refractivity contribution >= 4 is 22.0 Å². The maximum Gasteiger partial charge on any atom is 0.215 e. The fourth-order valence-corrected chi connectivity index (χ4v) is 5.68. The molecule has 1 aliphatic carbocycles. The van der Waals surface area contributed by atoms with Crippen molar-refractivity contribution in [1.82, 2.24) is 4.90 Å². The third kappa shape index (κ3) is 2.97. The lowest BCUT2D eigenvalue weighted by Gasteiger charge is -2.38. The highest BCUT2D eigenvalue weighted by Crippen LogP contribution is 2.56. The summed E-state index contributed by atoms with van der Waals surface area (Å²) in [6, 6.07) is 8.97. The van der Waals surface area contributed by atoms with Crippen molar-refractivity contribution in [3.05, 3.63) is 35.4 Å². The van der Waals surface area contributed by atoms with E-state index in [0.29, 0.717) is 18.4 Å². The third-order valence-electron chi connectivity index (χ3n) is 7.41. The number of hydrogen-bond acceptors (Lipinski definition) is 2. The van der Waals surface area contributed by atoms with Crippen LogP contribution in [0.2, 0.25) is 18.1 Å². The molecule has 0 N–H and O–H groups in total. The average molecular weight is 371 g/mol. The van der Waals surface area contributed by atoms with Gasteiger partial charge in [0, 0.05) is 12.5 Å². The van der Waals surface area contributed by atoms with Crippen molar-refractivity contribution in [3.63, 3.8) is 0 Å². The Morgan fingerprint density at radius 3 is 2.50 bits per heavy atom. The minimum atomic E-state index is -1.85. The van der Waals surface area contributed by atoms with Crippen LogP contribution in [0.25, 0.3) is 0 Å². The monoisotopic (exact) mass is 371 g/mol. The molecule has 1 amide bonds. The van der Waals surface area contributed by atoms with Crippen LogP contribution in [0.3, 0.4) is 0 Å². The number of benzene rings is 1. The summed E-state index contributed by atoms with van der Waals surface area (Å²) in [6.45, 7) is 17.6. The molecule has 0 bridgehead atoms. The first-order chi connectivity index (χ1) is 11.9. The van der Waals surface area contributed by atoms with Crippen molar-refractivity contribution in [1.29, 1.82) is 0 Å². The second kappa shape index (κ2) is 6.23. The molecule has 0 saturated carbocycles. The molecule has 3 rings (SSSR count). The zero-order valence-corrected chi connectivity index (χ0v) is 18.7. The largest absolute Gasteiger partial charge is 0.415 e. The second-order valence-corrected chi connectivity index (χ2v) is 15.1. The molecule has 142 valence electrons. The van der Waals surface area contributed by atoms with E-state index in [2.05, 4.69) is 76.9 Å². The molecule has 1 saturated heterocycles. The number of hydrogen-bond donors (Lipinski definition) is 0. The van der Waals surface area contributed by atoms with Gasteiger partial charge in [0.05, 0.1) is 12.6 Å². The average Bonchev–Trinajstić information content (AvgIpc) is 3.00. The van der Waals surface area contributed by atoms with Gasteiger partial charge in [-0.15, -0.1) is 0 Å². The van der Waals surface area contributed by atoms with E-state index in [1.807, 2.05) is 0 Å². The van der Waals surface area contributed by atoms with Crippen LogP contribution in [-0.4, -0.2) is 46.1 Å². The highest BCUT2D eigenvalue weighted by Gasteiger charge is 2.56. The SMILES string of the molecule is BC(=O)N1CC2C(c3ccccc3C2(C)C)[C@H]1CO[Si](C)(C)C(C)(C)C. The first-order valence-corrected chi connectivity index (χ1v) is 12.8. The van der Waals surface area contributed by atoms with Gasteiger partial charge < -0.3 is 9.33 Å². The standard InChI is InChI=1S/C21H34BNO2Si/c1-20(2,3)26(6,7)25-13-17-18-14-10-8-9-11-15(14)21(4,5)16(18)12-23(17)19(22)24/h8-11,16-18H,12-13,22H2,1-7H3/t16?,17-,18?/m1/s1. The molecule has 5 heteroatoms. The van der Waals surface area contributed by atoms with Gasteiger partial charge in [0.15, 0.2) is 14.1 Å². The molecule has 0 aromatic heterocycles. The number of carbonyl (C=O) groups is 1. The maximum atomic E-state index is 12.4. The Morgan fingerprint density at radius 1 is 1.31 bits per heavy atom. The van der Waals surface area contributed by atoms with Gasteiger partial charge in [-0.2, -0.15) is 0 Å². The first kappa shape index (κ1) is 19.7. The van der Waals surface area contributed by atoms with Crippen molar-refractivity contribution in [2.45, 2.75) is 70.1 Å². The number of rotatable bonds is 3. The first-order valence-electron chi connectivity index (χ1n) is 9.88. The fourth-order valence-electron chi connectivity index (χ4n) is 4.66. The topological polar surface area (TPSA) is 29.5 Å². The van der Waals surface area contributed by atoms with Crippen molar-refractivity contribution < 1.29 is 9.22 Å². The molecule has 2 unspecified atom stereocenters. The van der Waals surface area contributed by atoms with Gasteiger partial charge in [0.1, 0.15) is 0 Å². The predicted octanol–water partition coefficient (Wildman–Crippen LogP) is 4.14. The number of nitrogens with zero attached hydrogens (tertiary/aromatic N) is 1. The Hall–Kier alpha value is -1.07. The molecule has 1 aromatic carbocycles.